The first-order valence-corrected chi connectivity index (χ1v) is 14.4. The van der Waals surface area contributed by atoms with Crippen molar-refractivity contribution >= 4 is 5.91 Å². The zero-order chi connectivity index (χ0) is 25.7. The predicted molar refractivity (Wildman–Crippen MR) is 147 cm³/mol. The SMILES string of the molecule is CCCCCCC=C[C@@](O)(C/C=C/[C@@H]1[C@H]2CC(CCCCC(=O)N(C)C)=C[C@H]2C[C@H]1O)CCCC. The second-order valence-corrected chi connectivity index (χ2v) is 11.3. The van der Waals surface area contributed by atoms with E-state index in [0.717, 1.165) is 57.8 Å². The first-order valence-electron chi connectivity index (χ1n) is 14.4. The van der Waals surface area contributed by atoms with Gasteiger partial charge in [-0.1, -0.05) is 81.9 Å². The number of hydrogen-bond acceptors (Lipinski definition) is 3. The lowest BCUT2D eigenvalue weighted by atomic mass is 9.87. The number of allylic oxidation sites excluding steroid dienone is 3. The van der Waals surface area contributed by atoms with Gasteiger partial charge in [-0.05, 0) is 69.6 Å². The van der Waals surface area contributed by atoms with Crippen LogP contribution in [0.1, 0.15) is 110 Å². The highest BCUT2D eigenvalue weighted by molar-refractivity contribution is 5.75. The summed E-state index contributed by atoms with van der Waals surface area (Å²) in [5.41, 5.74) is 0.733. The summed E-state index contributed by atoms with van der Waals surface area (Å²) >= 11 is 0. The highest BCUT2D eigenvalue weighted by atomic mass is 16.3. The van der Waals surface area contributed by atoms with Gasteiger partial charge in [0, 0.05) is 26.4 Å². The molecule has 0 heterocycles. The van der Waals surface area contributed by atoms with Crippen LogP contribution in [0.25, 0.3) is 0 Å². The molecule has 2 aliphatic carbocycles. The summed E-state index contributed by atoms with van der Waals surface area (Å²) in [6, 6.07) is 0. The predicted octanol–water partition coefficient (Wildman–Crippen LogP) is 6.97. The fourth-order valence-corrected chi connectivity index (χ4v) is 5.80. The van der Waals surface area contributed by atoms with Crippen LogP contribution in [0, 0.1) is 17.8 Å². The van der Waals surface area contributed by atoms with Crippen molar-refractivity contribution in [2.24, 2.45) is 17.8 Å². The number of unbranched alkanes of at least 4 members (excludes halogenated alkanes) is 6. The summed E-state index contributed by atoms with van der Waals surface area (Å²) in [6.07, 6.45) is 25.9. The van der Waals surface area contributed by atoms with Gasteiger partial charge in [0.15, 0.2) is 0 Å². The van der Waals surface area contributed by atoms with Crippen LogP contribution in [-0.4, -0.2) is 46.8 Å². The molecule has 4 nitrogen and oxygen atoms in total. The van der Waals surface area contributed by atoms with Gasteiger partial charge in [0.25, 0.3) is 0 Å². The Bertz CT molecular complexity index is 710. The first-order chi connectivity index (χ1) is 16.8. The van der Waals surface area contributed by atoms with E-state index < -0.39 is 5.60 Å². The molecule has 0 aromatic rings. The van der Waals surface area contributed by atoms with Gasteiger partial charge in [0.05, 0.1) is 11.7 Å². The van der Waals surface area contributed by atoms with Crippen LogP contribution in [-0.2, 0) is 4.79 Å². The van der Waals surface area contributed by atoms with Gasteiger partial charge >= 0.3 is 0 Å². The number of nitrogens with zero attached hydrogens (tertiary/aromatic N) is 1. The molecule has 35 heavy (non-hydrogen) atoms. The molecular weight excluding hydrogens is 434 g/mol. The van der Waals surface area contributed by atoms with E-state index in [0.29, 0.717) is 24.7 Å². The van der Waals surface area contributed by atoms with Crippen molar-refractivity contribution in [2.75, 3.05) is 14.1 Å². The highest BCUT2D eigenvalue weighted by Gasteiger charge is 2.43. The molecule has 0 aliphatic heterocycles. The van der Waals surface area contributed by atoms with Crippen molar-refractivity contribution in [3.63, 3.8) is 0 Å². The summed E-state index contributed by atoms with van der Waals surface area (Å²) < 4.78 is 0. The van der Waals surface area contributed by atoms with Gasteiger partial charge in [-0.3, -0.25) is 4.79 Å². The van der Waals surface area contributed by atoms with Crippen LogP contribution < -0.4 is 0 Å². The topological polar surface area (TPSA) is 60.8 Å². The Morgan fingerprint density at radius 1 is 1.09 bits per heavy atom. The maximum atomic E-state index is 11.8. The zero-order valence-electron chi connectivity index (χ0n) is 23.1. The van der Waals surface area contributed by atoms with Crippen LogP contribution in [0.2, 0.25) is 0 Å². The van der Waals surface area contributed by atoms with E-state index in [-0.39, 0.29) is 17.9 Å². The van der Waals surface area contributed by atoms with E-state index >= 15 is 0 Å². The van der Waals surface area contributed by atoms with E-state index in [1.54, 1.807) is 4.90 Å². The largest absolute Gasteiger partial charge is 0.392 e. The number of fused-ring (bicyclic) bond motifs is 1. The first kappa shape index (κ1) is 29.8. The minimum Gasteiger partial charge on any atom is -0.392 e. The lowest BCUT2D eigenvalue weighted by Gasteiger charge is -2.24. The number of carbonyl (C=O) groups is 1. The van der Waals surface area contributed by atoms with E-state index in [2.05, 4.69) is 38.2 Å². The van der Waals surface area contributed by atoms with Crippen LogP contribution in [0.4, 0.5) is 0 Å². The van der Waals surface area contributed by atoms with Gasteiger partial charge in [-0.25, -0.2) is 0 Å². The summed E-state index contributed by atoms with van der Waals surface area (Å²) in [7, 11) is 3.63. The molecule has 1 fully saturated rings. The van der Waals surface area contributed by atoms with Gasteiger partial charge in [-0.15, -0.1) is 0 Å². The molecule has 0 bridgehead atoms. The Labute approximate surface area is 215 Å². The molecule has 4 heteroatoms. The van der Waals surface area contributed by atoms with Crippen molar-refractivity contribution in [2.45, 2.75) is 122 Å². The average molecular weight is 488 g/mol. The molecule has 0 unspecified atom stereocenters. The lowest BCUT2D eigenvalue weighted by Crippen LogP contribution is -2.25. The lowest BCUT2D eigenvalue weighted by molar-refractivity contribution is -0.128. The number of rotatable bonds is 17. The Morgan fingerprint density at radius 3 is 2.57 bits per heavy atom. The number of hydrogen-bond donors (Lipinski definition) is 2. The zero-order valence-corrected chi connectivity index (χ0v) is 23.1. The van der Waals surface area contributed by atoms with E-state index in [1.807, 2.05) is 20.2 Å². The second-order valence-electron chi connectivity index (χ2n) is 11.3. The minimum absolute atomic E-state index is 0.178. The van der Waals surface area contributed by atoms with Crippen molar-refractivity contribution in [3.05, 3.63) is 36.0 Å². The monoisotopic (exact) mass is 487 g/mol. The molecule has 200 valence electrons. The molecule has 2 rings (SSSR count). The standard InChI is InChI=1S/C31H53NO3/c1-5-7-9-10-11-14-20-31(35,19-8-6-2)21-15-17-27-28-23-25(22-26(28)24-29(27)33)16-12-13-18-30(34)32(3)4/h14-15,17,20,22,26-29,33,35H,5-13,16,18-19,21,23-24H2,1-4H3/b17-15+,20-14?/t26-,27+,28-,29+,31+/m0/s1. The third-order valence-electron chi connectivity index (χ3n) is 8.03. The van der Waals surface area contributed by atoms with Crippen molar-refractivity contribution in [1.29, 1.82) is 0 Å². The third kappa shape index (κ3) is 10.2. The quantitative estimate of drug-likeness (QED) is 0.172. The summed E-state index contributed by atoms with van der Waals surface area (Å²) in [5, 5.41) is 22.0. The molecule has 0 saturated heterocycles. The van der Waals surface area contributed by atoms with E-state index in [4.69, 9.17) is 0 Å². The second kappa shape index (κ2) is 15.7. The molecule has 0 radical (unpaired) electrons. The Kier molecular flexibility index (Phi) is 13.4. The minimum atomic E-state index is -0.775. The van der Waals surface area contributed by atoms with Gasteiger partial charge in [0.1, 0.15) is 0 Å². The van der Waals surface area contributed by atoms with Crippen molar-refractivity contribution < 1.29 is 15.0 Å². The molecule has 5 atom stereocenters. The summed E-state index contributed by atoms with van der Waals surface area (Å²) in [4.78, 5) is 13.4. The van der Waals surface area contributed by atoms with E-state index in [9.17, 15) is 15.0 Å². The van der Waals surface area contributed by atoms with Crippen LogP contribution in [0.5, 0.6) is 0 Å². The average Bonchev–Trinajstić information content (AvgIpc) is 3.34. The van der Waals surface area contributed by atoms with Crippen LogP contribution in [0.3, 0.4) is 0 Å². The van der Waals surface area contributed by atoms with E-state index in [1.165, 1.54) is 31.3 Å². The number of aliphatic hydroxyl groups is 2. The summed E-state index contributed by atoms with van der Waals surface area (Å²) in [5.74, 6) is 1.34. The third-order valence-corrected chi connectivity index (χ3v) is 8.03. The Morgan fingerprint density at radius 2 is 1.86 bits per heavy atom. The number of aliphatic hydroxyl groups excluding tert-OH is 1. The van der Waals surface area contributed by atoms with Gasteiger partial charge in [0.2, 0.25) is 5.91 Å². The van der Waals surface area contributed by atoms with Crippen molar-refractivity contribution in [1.82, 2.24) is 4.90 Å². The maximum Gasteiger partial charge on any atom is 0.222 e. The van der Waals surface area contributed by atoms with Crippen LogP contribution >= 0.6 is 0 Å². The number of carbonyl (C=O) groups excluding carboxylic acids is 1. The molecular formula is C31H53NO3. The maximum absolute atomic E-state index is 11.8. The number of amides is 1. The molecule has 2 aliphatic rings. The Balaban J connectivity index is 1.84. The smallest absolute Gasteiger partial charge is 0.222 e. The fourth-order valence-electron chi connectivity index (χ4n) is 5.80. The molecule has 1 amide bonds. The Hall–Kier alpha value is -1.39. The molecule has 1 saturated carbocycles. The normalized spacial score (nSPS) is 25.8. The van der Waals surface area contributed by atoms with Crippen LogP contribution in [0.15, 0.2) is 36.0 Å². The molecule has 2 N–H and O–H groups in total. The van der Waals surface area contributed by atoms with Gasteiger partial charge in [-0.2, -0.15) is 0 Å². The fraction of sp³-hybridized carbons (Fsp3) is 0.774. The highest BCUT2D eigenvalue weighted by Crippen LogP contribution is 2.48. The molecule has 0 aromatic carbocycles. The molecule has 0 spiro atoms. The van der Waals surface area contributed by atoms with Gasteiger partial charge < -0.3 is 15.1 Å². The summed E-state index contributed by atoms with van der Waals surface area (Å²) in [6.45, 7) is 4.40. The van der Waals surface area contributed by atoms with Crippen molar-refractivity contribution in [3.8, 4) is 0 Å². The molecule has 0 aromatic heterocycles.